The van der Waals surface area contributed by atoms with Crippen LogP contribution in [0.25, 0.3) is 0 Å². The van der Waals surface area contributed by atoms with Gasteiger partial charge in [-0.25, -0.2) is 8.42 Å². The average Bonchev–Trinajstić information content (AvgIpc) is 2.42. The van der Waals surface area contributed by atoms with E-state index in [1.54, 1.807) is 48.5 Å². The van der Waals surface area contributed by atoms with E-state index in [0.717, 1.165) is 5.56 Å². The first-order valence-electron chi connectivity index (χ1n) is 6.31. The van der Waals surface area contributed by atoms with Gasteiger partial charge in [-0.2, -0.15) is 0 Å². The number of benzene rings is 2. The molecule has 106 valence electrons. The monoisotopic (exact) mass is 310 g/mol. The smallest absolute Gasteiger partial charge is 0.190 e. The summed E-state index contributed by atoms with van der Waals surface area (Å²) in [5.74, 6) is 0. The second kappa shape index (κ2) is 5.95. The van der Waals surface area contributed by atoms with Crippen molar-refractivity contribution < 1.29 is 14.2 Å². The van der Waals surface area contributed by atoms with Crippen LogP contribution < -0.4 is 5.73 Å². The van der Waals surface area contributed by atoms with E-state index in [2.05, 4.69) is 5.73 Å². The number of rotatable bonds is 4. The van der Waals surface area contributed by atoms with E-state index in [9.17, 15) is 8.42 Å². The molecule has 2 rings (SSSR count). The molecule has 0 aliphatic carbocycles. The van der Waals surface area contributed by atoms with Crippen LogP contribution in [0.3, 0.4) is 0 Å². The fourth-order valence-electron chi connectivity index (χ4n) is 2.11. The van der Waals surface area contributed by atoms with Gasteiger partial charge in [0.2, 0.25) is 0 Å². The highest BCUT2D eigenvalue weighted by molar-refractivity contribution is 7.91. The van der Waals surface area contributed by atoms with Crippen LogP contribution >= 0.6 is 11.6 Å². The number of aryl methyl sites for hydroxylation is 1. The molecule has 5 heteroatoms. The maximum absolute atomic E-state index is 12.7. The molecule has 0 fully saturated rings. The largest absolute Gasteiger partial charge is 0.356 e. The molecule has 3 N–H and O–H groups in total. The molecule has 0 saturated carbocycles. The summed E-state index contributed by atoms with van der Waals surface area (Å²) in [5, 5.41) is -0.268. The SMILES string of the molecule is Cc1ccc(S(=O)(=O)[C@@H](C[NH3+])c2ccccc2Cl)cc1. The van der Waals surface area contributed by atoms with Gasteiger partial charge in [0.25, 0.3) is 0 Å². The fraction of sp³-hybridized carbons (Fsp3) is 0.200. The van der Waals surface area contributed by atoms with Crippen molar-refractivity contribution in [1.29, 1.82) is 0 Å². The number of halogens is 1. The van der Waals surface area contributed by atoms with Crippen molar-refractivity contribution in [2.45, 2.75) is 17.1 Å². The minimum absolute atomic E-state index is 0.236. The summed E-state index contributed by atoms with van der Waals surface area (Å²) in [7, 11) is -3.49. The maximum Gasteiger partial charge on any atom is 0.190 e. The highest BCUT2D eigenvalue weighted by atomic mass is 35.5. The molecule has 0 aromatic heterocycles. The first-order valence-corrected chi connectivity index (χ1v) is 8.23. The van der Waals surface area contributed by atoms with Gasteiger partial charge in [0.05, 0.1) is 11.4 Å². The average molecular weight is 311 g/mol. The van der Waals surface area contributed by atoms with Gasteiger partial charge in [-0.05, 0) is 30.7 Å². The van der Waals surface area contributed by atoms with Crippen molar-refractivity contribution >= 4 is 21.4 Å². The van der Waals surface area contributed by atoms with Gasteiger partial charge in [0.1, 0.15) is 5.25 Å². The Bertz CT molecular complexity index is 696. The Morgan fingerprint density at radius 3 is 2.25 bits per heavy atom. The lowest BCUT2D eigenvalue weighted by Crippen LogP contribution is -2.54. The lowest BCUT2D eigenvalue weighted by atomic mass is 10.1. The lowest BCUT2D eigenvalue weighted by molar-refractivity contribution is -0.367. The number of quaternary nitrogens is 1. The highest BCUT2D eigenvalue weighted by Crippen LogP contribution is 2.32. The van der Waals surface area contributed by atoms with Gasteiger partial charge in [-0.1, -0.05) is 47.5 Å². The highest BCUT2D eigenvalue weighted by Gasteiger charge is 2.30. The molecule has 2 aromatic rings. The van der Waals surface area contributed by atoms with Crippen LogP contribution in [-0.2, 0) is 9.84 Å². The van der Waals surface area contributed by atoms with Gasteiger partial charge in [-0.3, -0.25) is 0 Å². The summed E-state index contributed by atoms with van der Waals surface area (Å²) >= 11 is 6.12. The first kappa shape index (κ1) is 15.0. The molecular formula is C15H17ClNO2S+. The third kappa shape index (κ3) is 2.87. The normalized spacial score (nSPS) is 13.2. The molecule has 0 aliphatic rings. The summed E-state index contributed by atoms with van der Waals surface area (Å²) in [4.78, 5) is 0.302. The van der Waals surface area contributed by atoms with Crippen molar-refractivity contribution in [3.63, 3.8) is 0 Å². The zero-order valence-electron chi connectivity index (χ0n) is 11.2. The Kier molecular flexibility index (Phi) is 4.48. The molecule has 0 bridgehead atoms. The van der Waals surface area contributed by atoms with Crippen LogP contribution in [0.15, 0.2) is 53.4 Å². The molecule has 0 heterocycles. The Labute approximate surface area is 124 Å². The van der Waals surface area contributed by atoms with Crippen molar-refractivity contribution in [2.75, 3.05) is 6.54 Å². The van der Waals surface area contributed by atoms with Crippen LogP contribution in [-0.4, -0.2) is 15.0 Å². The molecule has 3 nitrogen and oxygen atoms in total. The zero-order chi connectivity index (χ0) is 14.8. The van der Waals surface area contributed by atoms with E-state index in [4.69, 9.17) is 11.6 Å². The van der Waals surface area contributed by atoms with Gasteiger partial charge < -0.3 is 5.73 Å². The van der Waals surface area contributed by atoms with Crippen LogP contribution in [0, 0.1) is 6.92 Å². The van der Waals surface area contributed by atoms with Crippen LogP contribution in [0.2, 0.25) is 5.02 Å². The quantitative estimate of drug-likeness (QED) is 0.942. The third-order valence-electron chi connectivity index (χ3n) is 3.24. The Morgan fingerprint density at radius 2 is 1.70 bits per heavy atom. The van der Waals surface area contributed by atoms with Crippen molar-refractivity contribution in [2.24, 2.45) is 0 Å². The molecule has 20 heavy (non-hydrogen) atoms. The molecule has 0 saturated heterocycles. The Hall–Kier alpha value is -1.36. The molecule has 1 atom stereocenters. The number of sulfone groups is 1. The Balaban J connectivity index is 2.51. The zero-order valence-corrected chi connectivity index (χ0v) is 12.8. The molecule has 0 radical (unpaired) electrons. The molecule has 0 unspecified atom stereocenters. The van der Waals surface area contributed by atoms with E-state index in [1.165, 1.54) is 0 Å². The van der Waals surface area contributed by atoms with Crippen molar-refractivity contribution in [3.05, 3.63) is 64.7 Å². The van der Waals surface area contributed by atoms with E-state index in [-0.39, 0.29) is 6.54 Å². The molecule has 0 aliphatic heterocycles. The fourth-order valence-corrected chi connectivity index (χ4v) is 4.13. The number of hydrogen-bond acceptors (Lipinski definition) is 2. The summed E-state index contributed by atoms with van der Waals surface area (Å²) in [6.45, 7) is 2.16. The molecule has 2 aromatic carbocycles. The lowest BCUT2D eigenvalue weighted by Gasteiger charge is -2.16. The van der Waals surface area contributed by atoms with E-state index in [0.29, 0.717) is 15.5 Å². The van der Waals surface area contributed by atoms with Gasteiger partial charge in [0, 0.05) is 5.02 Å². The van der Waals surface area contributed by atoms with E-state index < -0.39 is 15.1 Å². The van der Waals surface area contributed by atoms with Crippen molar-refractivity contribution in [3.8, 4) is 0 Å². The molecule has 0 spiro atoms. The molecular weight excluding hydrogens is 294 g/mol. The van der Waals surface area contributed by atoms with Crippen LogP contribution in [0.1, 0.15) is 16.4 Å². The minimum Gasteiger partial charge on any atom is -0.356 e. The van der Waals surface area contributed by atoms with Crippen LogP contribution in [0.4, 0.5) is 0 Å². The van der Waals surface area contributed by atoms with Crippen LogP contribution in [0.5, 0.6) is 0 Å². The minimum atomic E-state index is -3.49. The Morgan fingerprint density at radius 1 is 1.10 bits per heavy atom. The summed E-state index contributed by atoms with van der Waals surface area (Å²) < 4.78 is 25.5. The second-order valence-electron chi connectivity index (χ2n) is 4.66. The topological polar surface area (TPSA) is 61.8 Å². The molecule has 0 amide bonds. The standard InChI is InChI=1S/C15H16ClNO2S/c1-11-6-8-12(9-7-11)20(18,19)15(10-17)13-4-2-3-5-14(13)16/h2-9,15H,10,17H2,1H3/p+1/t15-/m0/s1. The second-order valence-corrected chi connectivity index (χ2v) is 7.19. The van der Waals surface area contributed by atoms with Crippen molar-refractivity contribution in [1.82, 2.24) is 0 Å². The summed E-state index contributed by atoms with van der Waals surface area (Å²) in [6.07, 6.45) is 0. The summed E-state index contributed by atoms with van der Waals surface area (Å²) in [5.41, 5.74) is 5.40. The first-order chi connectivity index (χ1) is 9.46. The van der Waals surface area contributed by atoms with E-state index >= 15 is 0 Å². The van der Waals surface area contributed by atoms with Gasteiger partial charge in [-0.15, -0.1) is 0 Å². The predicted octanol–water partition coefficient (Wildman–Crippen LogP) is 2.41. The third-order valence-corrected chi connectivity index (χ3v) is 5.75. The summed E-state index contributed by atoms with van der Waals surface area (Å²) in [6, 6.07) is 13.8. The van der Waals surface area contributed by atoms with Gasteiger partial charge in [0.15, 0.2) is 9.84 Å². The van der Waals surface area contributed by atoms with E-state index in [1.807, 2.05) is 6.92 Å². The number of hydrogen-bond donors (Lipinski definition) is 1. The maximum atomic E-state index is 12.7. The predicted molar refractivity (Wildman–Crippen MR) is 80.3 cm³/mol. The van der Waals surface area contributed by atoms with Gasteiger partial charge >= 0.3 is 0 Å².